The number of β-lactam (4-membered cyclic amide) rings is 1. The van der Waals surface area contributed by atoms with Crippen molar-refractivity contribution in [3.05, 3.63) is 10.6 Å². The highest BCUT2D eigenvalue weighted by molar-refractivity contribution is 8.03. The molecule has 1 fully saturated rings. The Labute approximate surface area is 109 Å². The molecule has 0 bridgehead atoms. The zero-order valence-electron chi connectivity index (χ0n) is 9.83. The van der Waals surface area contributed by atoms with Gasteiger partial charge in [-0.3, -0.25) is 4.79 Å². The van der Waals surface area contributed by atoms with Crippen LogP contribution in [0.5, 0.6) is 0 Å². The molecule has 0 aromatic rings. The topological polar surface area (TPSA) is 104 Å². The summed E-state index contributed by atoms with van der Waals surface area (Å²) < 4.78 is 0. The fourth-order valence-corrected chi connectivity index (χ4v) is 3.50. The second-order valence-electron chi connectivity index (χ2n) is 4.31. The number of aliphatic carboxylic acids is 1. The number of carbonyl (C=O) groups excluding carboxylic acids is 1. The first-order valence-corrected chi connectivity index (χ1v) is 6.83. The van der Waals surface area contributed by atoms with Crippen molar-refractivity contribution >= 4 is 23.6 Å². The van der Waals surface area contributed by atoms with Crippen LogP contribution in [0.1, 0.15) is 12.8 Å². The third-order valence-corrected chi connectivity index (χ3v) is 4.44. The maximum absolute atomic E-state index is 11.9. The van der Waals surface area contributed by atoms with Crippen LogP contribution in [0.4, 0.5) is 0 Å². The Bertz CT molecular complexity index is 410. The van der Waals surface area contributed by atoms with Gasteiger partial charge in [0, 0.05) is 30.2 Å². The molecule has 2 rings (SSSR count). The number of hydrogen-bond acceptors (Lipinski definition) is 5. The lowest BCUT2D eigenvalue weighted by molar-refractivity contribution is -0.155. The smallest absolute Gasteiger partial charge is 0.353 e. The van der Waals surface area contributed by atoms with Crippen molar-refractivity contribution in [3.63, 3.8) is 0 Å². The summed E-state index contributed by atoms with van der Waals surface area (Å²) in [7, 11) is 0. The molecule has 0 aliphatic carbocycles. The molecule has 1 amide bonds. The monoisotopic (exact) mass is 272 g/mol. The van der Waals surface area contributed by atoms with E-state index in [-0.39, 0.29) is 30.2 Å². The van der Waals surface area contributed by atoms with E-state index in [4.69, 9.17) is 10.8 Å². The van der Waals surface area contributed by atoms with Crippen molar-refractivity contribution in [3.8, 4) is 0 Å². The molecule has 100 valence electrons. The average Bonchev–Trinajstić information content (AvgIpc) is 2.68. The molecule has 18 heavy (non-hydrogen) atoms. The van der Waals surface area contributed by atoms with Crippen LogP contribution in [0.25, 0.3) is 0 Å². The van der Waals surface area contributed by atoms with Gasteiger partial charge in [0.1, 0.15) is 5.70 Å². The molecular formula is C11H16N2O4S. The van der Waals surface area contributed by atoms with E-state index >= 15 is 0 Å². The molecule has 2 aliphatic rings. The number of aliphatic hydroxyl groups is 1. The second kappa shape index (κ2) is 5.29. The summed E-state index contributed by atoms with van der Waals surface area (Å²) >= 11 is 1.41. The van der Waals surface area contributed by atoms with Crippen molar-refractivity contribution in [2.75, 3.05) is 18.9 Å². The van der Waals surface area contributed by atoms with Crippen LogP contribution in [-0.2, 0) is 9.59 Å². The number of carboxylic acids is 1. The Morgan fingerprint density at radius 2 is 2.28 bits per heavy atom. The van der Waals surface area contributed by atoms with Crippen molar-refractivity contribution in [2.45, 2.75) is 18.9 Å². The summed E-state index contributed by atoms with van der Waals surface area (Å²) in [6, 6.07) is -0.0870. The number of carbonyl (C=O) groups is 2. The van der Waals surface area contributed by atoms with Crippen molar-refractivity contribution < 1.29 is 19.8 Å². The van der Waals surface area contributed by atoms with E-state index < -0.39 is 5.97 Å². The minimum Gasteiger partial charge on any atom is -0.477 e. The van der Waals surface area contributed by atoms with Gasteiger partial charge in [0.2, 0.25) is 5.91 Å². The molecule has 4 N–H and O–H groups in total. The fraction of sp³-hybridized carbons (Fsp3) is 0.636. The van der Waals surface area contributed by atoms with E-state index in [1.807, 2.05) is 0 Å². The van der Waals surface area contributed by atoms with Gasteiger partial charge in [-0.2, -0.15) is 0 Å². The largest absolute Gasteiger partial charge is 0.477 e. The van der Waals surface area contributed by atoms with E-state index in [9.17, 15) is 14.7 Å². The Balaban J connectivity index is 2.16. The lowest BCUT2D eigenvalue weighted by Gasteiger charge is -2.43. The lowest BCUT2D eigenvalue weighted by atomic mass is 9.85. The zero-order valence-corrected chi connectivity index (χ0v) is 10.7. The van der Waals surface area contributed by atoms with Crippen LogP contribution in [0, 0.1) is 5.92 Å². The lowest BCUT2D eigenvalue weighted by Crippen LogP contribution is -2.58. The number of hydrogen-bond donors (Lipinski definition) is 3. The Morgan fingerprint density at radius 1 is 1.56 bits per heavy atom. The van der Waals surface area contributed by atoms with Gasteiger partial charge in [-0.05, 0) is 6.42 Å². The average molecular weight is 272 g/mol. The molecule has 2 heterocycles. The highest BCUT2D eigenvalue weighted by Gasteiger charge is 2.54. The highest BCUT2D eigenvalue weighted by atomic mass is 32.2. The van der Waals surface area contributed by atoms with Crippen molar-refractivity contribution in [2.24, 2.45) is 11.7 Å². The van der Waals surface area contributed by atoms with Gasteiger partial charge in [-0.1, -0.05) is 0 Å². The third-order valence-electron chi connectivity index (χ3n) is 3.29. The van der Waals surface area contributed by atoms with Gasteiger partial charge in [0.05, 0.1) is 12.0 Å². The van der Waals surface area contributed by atoms with Gasteiger partial charge in [-0.25, -0.2) is 4.79 Å². The molecule has 6 nitrogen and oxygen atoms in total. The van der Waals surface area contributed by atoms with Crippen LogP contribution in [0.15, 0.2) is 10.6 Å². The maximum Gasteiger partial charge on any atom is 0.353 e. The van der Waals surface area contributed by atoms with Crippen molar-refractivity contribution in [1.82, 2.24) is 4.90 Å². The van der Waals surface area contributed by atoms with Crippen LogP contribution in [0.2, 0.25) is 0 Å². The van der Waals surface area contributed by atoms with Crippen LogP contribution < -0.4 is 5.73 Å². The normalized spacial score (nSPS) is 26.3. The summed E-state index contributed by atoms with van der Waals surface area (Å²) in [5.74, 6) is -0.839. The molecule has 1 saturated heterocycles. The van der Waals surface area contributed by atoms with E-state index in [2.05, 4.69) is 0 Å². The molecule has 0 aromatic heterocycles. The number of thioether (sulfide) groups is 1. The molecule has 2 aliphatic heterocycles. The predicted octanol–water partition coefficient (Wildman–Crippen LogP) is -0.412. The molecule has 0 saturated carbocycles. The molecule has 2 atom stereocenters. The number of aliphatic hydroxyl groups excluding tert-OH is 1. The molecular weight excluding hydrogens is 256 g/mol. The van der Waals surface area contributed by atoms with E-state index in [1.54, 1.807) is 0 Å². The van der Waals surface area contributed by atoms with Crippen molar-refractivity contribution in [1.29, 1.82) is 0 Å². The molecule has 2 unspecified atom stereocenters. The minimum absolute atomic E-state index is 0.0472. The predicted molar refractivity (Wildman–Crippen MR) is 66.6 cm³/mol. The van der Waals surface area contributed by atoms with E-state index in [0.29, 0.717) is 25.1 Å². The number of fused-ring (bicyclic) bond motifs is 1. The minimum atomic E-state index is -1.06. The number of nitrogens with two attached hydrogens (primary N) is 1. The van der Waals surface area contributed by atoms with Crippen LogP contribution in [0.3, 0.4) is 0 Å². The Hall–Kier alpha value is -1.05. The Kier molecular flexibility index (Phi) is 3.94. The first-order valence-electron chi connectivity index (χ1n) is 5.85. The third kappa shape index (κ3) is 2.02. The second-order valence-corrected chi connectivity index (χ2v) is 5.50. The molecule has 0 radical (unpaired) electrons. The molecule has 0 spiro atoms. The zero-order chi connectivity index (χ0) is 13.3. The number of amides is 1. The van der Waals surface area contributed by atoms with Gasteiger partial charge in [-0.15, -0.1) is 11.8 Å². The number of nitrogens with zero attached hydrogens (tertiary/aromatic N) is 1. The van der Waals surface area contributed by atoms with Gasteiger partial charge < -0.3 is 20.8 Å². The van der Waals surface area contributed by atoms with E-state index in [1.165, 1.54) is 16.7 Å². The molecule has 7 heteroatoms. The number of rotatable bonds is 6. The highest BCUT2D eigenvalue weighted by Crippen LogP contribution is 2.46. The summed E-state index contributed by atoms with van der Waals surface area (Å²) in [6.45, 7) is 0.425. The van der Waals surface area contributed by atoms with Gasteiger partial charge in [0.15, 0.2) is 0 Å². The maximum atomic E-state index is 11.9. The van der Waals surface area contributed by atoms with E-state index in [0.717, 1.165) is 4.91 Å². The fourth-order valence-electron chi connectivity index (χ4n) is 2.52. The summed E-state index contributed by atoms with van der Waals surface area (Å²) in [4.78, 5) is 25.2. The first-order chi connectivity index (χ1) is 8.61. The summed E-state index contributed by atoms with van der Waals surface area (Å²) in [5, 5.41) is 18.1. The SMILES string of the molecule is NCCSC1=C(C(=O)O)N2C(=O)C(CCO)C2C1. The van der Waals surface area contributed by atoms with Gasteiger partial charge >= 0.3 is 5.97 Å². The summed E-state index contributed by atoms with van der Waals surface area (Å²) in [6.07, 6.45) is 0.977. The quantitative estimate of drug-likeness (QED) is 0.568. The van der Waals surface area contributed by atoms with Crippen LogP contribution >= 0.6 is 11.8 Å². The molecule has 0 aromatic carbocycles. The standard InChI is InChI=1S/C11H16N2O4S/c12-2-4-18-8-5-7-6(1-3-14)10(15)13(7)9(8)11(16)17/h6-7,14H,1-5,12H2,(H,16,17). The van der Waals surface area contributed by atoms with Gasteiger partial charge in [0.25, 0.3) is 0 Å². The number of carboxylic acid groups (broad SMARTS) is 1. The first kappa shape index (κ1) is 13.4. The summed E-state index contributed by atoms with van der Waals surface area (Å²) in [5.41, 5.74) is 5.52. The Morgan fingerprint density at radius 3 is 2.83 bits per heavy atom. The van der Waals surface area contributed by atoms with Crippen LogP contribution in [-0.4, -0.2) is 51.9 Å².